The van der Waals surface area contributed by atoms with Crippen LogP contribution in [0.15, 0.2) is 15.8 Å². The van der Waals surface area contributed by atoms with Crippen molar-refractivity contribution in [2.75, 3.05) is 5.73 Å². The predicted octanol–water partition coefficient (Wildman–Crippen LogP) is -0.966. The standard InChI is InChI=1S/C10H16N4O3/c1-6(2)12-8(15)3-4-14-5-7(11)9(16)13-10(14)17/h5-6H,3-4,11H2,1-2H3,(H,12,15)(H,13,16,17). The molecular formula is C10H16N4O3. The largest absolute Gasteiger partial charge is 0.393 e. The molecule has 0 aliphatic heterocycles. The van der Waals surface area contributed by atoms with Crippen LogP contribution in [0.2, 0.25) is 0 Å². The molecule has 1 amide bonds. The summed E-state index contributed by atoms with van der Waals surface area (Å²) in [5.41, 5.74) is 4.14. The van der Waals surface area contributed by atoms with Crippen molar-refractivity contribution in [1.82, 2.24) is 14.9 Å². The molecule has 94 valence electrons. The van der Waals surface area contributed by atoms with Crippen molar-refractivity contribution in [1.29, 1.82) is 0 Å². The number of aromatic nitrogens is 2. The van der Waals surface area contributed by atoms with Gasteiger partial charge in [-0.2, -0.15) is 0 Å². The van der Waals surface area contributed by atoms with E-state index in [0.29, 0.717) is 0 Å². The highest BCUT2D eigenvalue weighted by molar-refractivity contribution is 5.76. The van der Waals surface area contributed by atoms with Gasteiger partial charge in [-0.3, -0.25) is 19.1 Å². The second-order valence-electron chi connectivity index (χ2n) is 4.01. The number of H-pyrrole nitrogens is 1. The summed E-state index contributed by atoms with van der Waals surface area (Å²) in [6.07, 6.45) is 1.40. The van der Waals surface area contributed by atoms with E-state index in [2.05, 4.69) is 10.3 Å². The van der Waals surface area contributed by atoms with E-state index in [9.17, 15) is 14.4 Å². The summed E-state index contributed by atoms with van der Waals surface area (Å²) in [6.45, 7) is 3.88. The Morgan fingerprint density at radius 2 is 2.18 bits per heavy atom. The van der Waals surface area contributed by atoms with Gasteiger partial charge >= 0.3 is 5.69 Å². The smallest absolute Gasteiger partial charge is 0.328 e. The number of rotatable bonds is 4. The van der Waals surface area contributed by atoms with Crippen LogP contribution in [0.3, 0.4) is 0 Å². The summed E-state index contributed by atoms with van der Waals surface area (Å²) in [5, 5.41) is 2.70. The monoisotopic (exact) mass is 240 g/mol. The van der Waals surface area contributed by atoms with Gasteiger partial charge in [-0.1, -0.05) is 0 Å². The van der Waals surface area contributed by atoms with Gasteiger partial charge in [0.2, 0.25) is 5.91 Å². The Morgan fingerprint density at radius 3 is 2.76 bits per heavy atom. The van der Waals surface area contributed by atoms with E-state index in [1.807, 2.05) is 13.8 Å². The Kier molecular flexibility index (Phi) is 4.08. The fourth-order valence-electron chi connectivity index (χ4n) is 1.31. The number of aryl methyl sites for hydroxylation is 1. The molecule has 0 unspecified atom stereocenters. The molecule has 1 rings (SSSR count). The molecule has 0 aromatic carbocycles. The van der Waals surface area contributed by atoms with Crippen molar-refractivity contribution < 1.29 is 4.79 Å². The van der Waals surface area contributed by atoms with Crippen molar-refractivity contribution in [3.05, 3.63) is 27.0 Å². The third-order valence-electron chi connectivity index (χ3n) is 2.07. The molecule has 7 heteroatoms. The van der Waals surface area contributed by atoms with Crippen LogP contribution in [-0.2, 0) is 11.3 Å². The molecule has 1 aromatic heterocycles. The number of aromatic amines is 1. The summed E-state index contributed by atoms with van der Waals surface area (Å²) in [5.74, 6) is -0.156. The van der Waals surface area contributed by atoms with Crippen LogP contribution in [0, 0.1) is 0 Å². The maximum absolute atomic E-state index is 11.4. The highest BCUT2D eigenvalue weighted by Crippen LogP contribution is 1.91. The normalized spacial score (nSPS) is 10.5. The molecule has 1 heterocycles. The van der Waals surface area contributed by atoms with Gasteiger partial charge in [-0.05, 0) is 13.8 Å². The average Bonchev–Trinajstić information content (AvgIpc) is 2.20. The molecule has 1 aromatic rings. The molecule has 4 N–H and O–H groups in total. The molecule has 0 bridgehead atoms. The molecule has 0 radical (unpaired) electrons. The minimum atomic E-state index is -0.613. The van der Waals surface area contributed by atoms with Crippen LogP contribution in [0.1, 0.15) is 20.3 Å². The number of nitrogen functional groups attached to an aromatic ring is 1. The number of nitrogens with one attached hydrogen (secondary N) is 2. The lowest BCUT2D eigenvalue weighted by atomic mass is 10.3. The van der Waals surface area contributed by atoms with Gasteiger partial charge in [-0.15, -0.1) is 0 Å². The summed E-state index contributed by atoms with van der Waals surface area (Å²) in [6, 6.07) is 0.0554. The van der Waals surface area contributed by atoms with Crippen molar-refractivity contribution in [3.8, 4) is 0 Å². The second-order valence-corrected chi connectivity index (χ2v) is 4.01. The number of nitrogens with zero attached hydrogens (tertiary/aromatic N) is 1. The zero-order chi connectivity index (χ0) is 13.0. The first kappa shape index (κ1) is 13.0. The minimum absolute atomic E-state index is 0.0473. The first-order valence-electron chi connectivity index (χ1n) is 5.28. The maximum Gasteiger partial charge on any atom is 0.328 e. The van der Waals surface area contributed by atoms with Crippen LogP contribution >= 0.6 is 0 Å². The van der Waals surface area contributed by atoms with Crippen molar-refractivity contribution in [2.45, 2.75) is 32.9 Å². The summed E-state index contributed by atoms with van der Waals surface area (Å²) >= 11 is 0. The summed E-state index contributed by atoms with van der Waals surface area (Å²) < 4.78 is 1.20. The van der Waals surface area contributed by atoms with E-state index in [1.54, 1.807) is 0 Å². The maximum atomic E-state index is 11.4. The van der Waals surface area contributed by atoms with Crippen molar-refractivity contribution in [2.24, 2.45) is 0 Å². The number of amides is 1. The quantitative estimate of drug-likeness (QED) is 0.629. The zero-order valence-corrected chi connectivity index (χ0v) is 9.82. The molecule has 0 aliphatic carbocycles. The molecule has 0 saturated heterocycles. The van der Waals surface area contributed by atoms with Gasteiger partial charge in [0.15, 0.2) is 0 Å². The number of carbonyl (C=O) groups excluding carboxylic acids is 1. The lowest BCUT2D eigenvalue weighted by Gasteiger charge is -2.09. The number of hydrogen-bond acceptors (Lipinski definition) is 4. The Bertz CT molecular complexity index is 515. The minimum Gasteiger partial charge on any atom is -0.393 e. The van der Waals surface area contributed by atoms with Crippen molar-refractivity contribution in [3.63, 3.8) is 0 Å². The fraction of sp³-hybridized carbons (Fsp3) is 0.500. The van der Waals surface area contributed by atoms with Crippen molar-refractivity contribution >= 4 is 11.6 Å². The molecule has 0 spiro atoms. The Labute approximate surface area is 97.6 Å². The van der Waals surface area contributed by atoms with E-state index in [1.165, 1.54) is 10.8 Å². The topological polar surface area (TPSA) is 110 Å². The van der Waals surface area contributed by atoms with Gasteiger partial charge in [0, 0.05) is 25.2 Å². The second kappa shape index (κ2) is 5.33. The zero-order valence-electron chi connectivity index (χ0n) is 9.82. The summed E-state index contributed by atoms with van der Waals surface area (Å²) in [4.78, 5) is 35.8. The van der Waals surface area contributed by atoms with Crippen LogP contribution < -0.4 is 22.3 Å². The van der Waals surface area contributed by atoms with Gasteiger partial charge < -0.3 is 11.1 Å². The molecule has 0 atom stereocenters. The molecule has 17 heavy (non-hydrogen) atoms. The van der Waals surface area contributed by atoms with Crippen LogP contribution in [0.5, 0.6) is 0 Å². The van der Waals surface area contributed by atoms with Crippen LogP contribution in [0.4, 0.5) is 5.69 Å². The van der Waals surface area contributed by atoms with E-state index < -0.39 is 11.2 Å². The number of carbonyl (C=O) groups is 1. The van der Waals surface area contributed by atoms with E-state index in [-0.39, 0.29) is 30.6 Å². The molecule has 0 saturated carbocycles. The fourth-order valence-corrected chi connectivity index (χ4v) is 1.31. The highest BCUT2D eigenvalue weighted by Gasteiger charge is 2.06. The van der Waals surface area contributed by atoms with Gasteiger partial charge in [-0.25, -0.2) is 4.79 Å². The van der Waals surface area contributed by atoms with E-state index >= 15 is 0 Å². The average molecular weight is 240 g/mol. The van der Waals surface area contributed by atoms with E-state index in [4.69, 9.17) is 5.73 Å². The Morgan fingerprint density at radius 1 is 1.53 bits per heavy atom. The van der Waals surface area contributed by atoms with Crippen LogP contribution in [-0.4, -0.2) is 21.5 Å². The van der Waals surface area contributed by atoms with Crippen LogP contribution in [0.25, 0.3) is 0 Å². The van der Waals surface area contributed by atoms with E-state index in [0.717, 1.165) is 0 Å². The van der Waals surface area contributed by atoms with Gasteiger partial charge in [0.05, 0.1) is 0 Å². The third-order valence-corrected chi connectivity index (χ3v) is 2.07. The molecule has 0 fully saturated rings. The SMILES string of the molecule is CC(C)NC(=O)CCn1cc(N)c(=O)[nH]c1=O. The molecule has 0 aliphatic rings. The van der Waals surface area contributed by atoms with Gasteiger partial charge in [0.25, 0.3) is 5.56 Å². The number of hydrogen-bond donors (Lipinski definition) is 3. The molecule has 7 nitrogen and oxygen atoms in total. The first-order valence-corrected chi connectivity index (χ1v) is 5.28. The van der Waals surface area contributed by atoms with Gasteiger partial charge in [0.1, 0.15) is 5.69 Å². The predicted molar refractivity (Wildman–Crippen MR) is 63.6 cm³/mol. The highest BCUT2D eigenvalue weighted by atomic mass is 16.2. The molecular weight excluding hydrogens is 224 g/mol. The Hall–Kier alpha value is -2.05. The summed E-state index contributed by atoms with van der Waals surface area (Å²) in [7, 11) is 0. The third kappa shape index (κ3) is 3.78. The number of nitrogens with two attached hydrogens (primary N) is 1. The first-order chi connectivity index (χ1) is 7.90. The lowest BCUT2D eigenvalue weighted by Crippen LogP contribution is -2.34. The number of anilines is 1. The Balaban J connectivity index is 2.70. The lowest BCUT2D eigenvalue weighted by molar-refractivity contribution is -0.121.